The molecule has 3 aromatic rings. The van der Waals surface area contributed by atoms with Gasteiger partial charge in [0.15, 0.2) is 0 Å². The molecule has 0 spiro atoms. The molecule has 0 atom stereocenters. The second-order valence-corrected chi connectivity index (χ2v) is 6.51. The van der Waals surface area contributed by atoms with Gasteiger partial charge >= 0.3 is 5.69 Å². The van der Waals surface area contributed by atoms with E-state index >= 15 is 0 Å². The van der Waals surface area contributed by atoms with E-state index in [1.165, 1.54) is 23.3 Å². The van der Waals surface area contributed by atoms with Crippen LogP contribution in [0.5, 0.6) is 11.5 Å². The van der Waals surface area contributed by atoms with E-state index in [0.717, 1.165) is 17.3 Å². The first-order chi connectivity index (χ1) is 13.8. The number of hydrogen-bond donors (Lipinski definition) is 1. The van der Waals surface area contributed by atoms with Crippen molar-refractivity contribution >= 4 is 17.1 Å². The normalized spacial score (nSPS) is 10.4. The van der Waals surface area contributed by atoms with Gasteiger partial charge in [-0.3, -0.25) is 20.2 Å². The van der Waals surface area contributed by atoms with Crippen LogP contribution >= 0.6 is 0 Å². The van der Waals surface area contributed by atoms with E-state index in [2.05, 4.69) is 25.2 Å². The maximum Gasteiger partial charge on any atom is 0.318 e. The van der Waals surface area contributed by atoms with Gasteiger partial charge in [0.05, 0.1) is 15.9 Å². The molecule has 0 aliphatic rings. The van der Waals surface area contributed by atoms with E-state index in [9.17, 15) is 20.2 Å². The second-order valence-electron chi connectivity index (χ2n) is 6.51. The summed E-state index contributed by atoms with van der Waals surface area (Å²) in [4.78, 5) is 20.6. The minimum atomic E-state index is -0.704. The highest BCUT2D eigenvalue weighted by atomic mass is 16.6. The number of ether oxygens (including phenoxy) is 1. The van der Waals surface area contributed by atoms with Gasteiger partial charge in [0.1, 0.15) is 5.75 Å². The Kier molecular flexibility index (Phi) is 5.73. The average molecular weight is 393 g/mol. The molecule has 1 N–H and O–H groups in total. The van der Waals surface area contributed by atoms with Crippen LogP contribution in [0, 0.1) is 34.1 Å². The molecule has 8 nitrogen and oxygen atoms in total. The lowest BCUT2D eigenvalue weighted by atomic mass is 10.1. The number of nitro benzene ring substituents is 2. The fourth-order valence-corrected chi connectivity index (χ4v) is 2.79. The van der Waals surface area contributed by atoms with Gasteiger partial charge in [-0.2, -0.15) is 0 Å². The molecular formula is C21H19N3O5. The Balaban J connectivity index is 1.71. The van der Waals surface area contributed by atoms with Crippen LogP contribution in [0.25, 0.3) is 0 Å². The maximum atomic E-state index is 11.2. The number of aryl methyl sites for hydroxylation is 1. The maximum absolute atomic E-state index is 11.2. The summed E-state index contributed by atoms with van der Waals surface area (Å²) in [5.74, 6) is 0.347. The molecule has 0 saturated heterocycles. The van der Waals surface area contributed by atoms with Gasteiger partial charge in [0, 0.05) is 18.3 Å². The molecule has 3 rings (SSSR count). The van der Waals surface area contributed by atoms with Crippen molar-refractivity contribution in [1.29, 1.82) is 0 Å². The molecule has 29 heavy (non-hydrogen) atoms. The minimum Gasteiger partial charge on any atom is -0.450 e. The standard InChI is InChI=1S/C21H19N3O5/c1-14-4-3-5-19(15(14)2)22-13-16-6-9-18(10-7-16)29-21-11-8-17(23(25)26)12-20(21)24(27)28/h3-12,22H,13H2,1-2H3. The van der Waals surface area contributed by atoms with E-state index in [0.29, 0.717) is 12.3 Å². The molecule has 0 bridgehead atoms. The highest BCUT2D eigenvalue weighted by Crippen LogP contribution is 2.34. The summed E-state index contributed by atoms with van der Waals surface area (Å²) in [6, 6.07) is 16.5. The lowest BCUT2D eigenvalue weighted by molar-refractivity contribution is -0.394. The van der Waals surface area contributed by atoms with Crippen LogP contribution in [-0.2, 0) is 6.54 Å². The van der Waals surface area contributed by atoms with Gasteiger partial charge in [-0.05, 0) is 54.8 Å². The molecule has 0 aliphatic heterocycles. The number of nitrogens with one attached hydrogen (secondary N) is 1. The van der Waals surface area contributed by atoms with Crippen LogP contribution in [-0.4, -0.2) is 9.85 Å². The Labute approximate surface area is 167 Å². The highest BCUT2D eigenvalue weighted by molar-refractivity contribution is 5.55. The van der Waals surface area contributed by atoms with E-state index in [1.807, 2.05) is 24.3 Å². The number of rotatable bonds is 7. The molecule has 0 aromatic heterocycles. The first-order valence-electron chi connectivity index (χ1n) is 8.85. The molecule has 0 heterocycles. The molecule has 3 aromatic carbocycles. The Morgan fingerprint density at radius 1 is 0.931 bits per heavy atom. The summed E-state index contributed by atoms with van der Waals surface area (Å²) in [5.41, 5.74) is 3.65. The molecular weight excluding hydrogens is 374 g/mol. The lowest BCUT2D eigenvalue weighted by Gasteiger charge is -2.12. The highest BCUT2D eigenvalue weighted by Gasteiger charge is 2.21. The van der Waals surface area contributed by atoms with Crippen molar-refractivity contribution in [3.63, 3.8) is 0 Å². The quantitative estimate of drug-likeness (QED) is 0.418. The first-order valence-corrected chi connectivity index (χ1v) is 8.85. The van der Waals surface area contributed by atoms with Crippen LogP contribution in [0.3, 0.4) is 0 Å². The number of anilines is 1. The molecule has 0 amide bonds. The molecule has 0 saturated carbocycles. The zero-order valence-corrected chi connectivity index (χ0v) is 15.9. The minimum absolute atomic E-state index is 0.0538. The van der Waals surface area contributed by atoms with Crippen LogP contribution in [0.4, 0.5) is 17.1 Å². The van der Waals surface area contributed by atoms with Gasteiger partial charge < -0.3 is 10.1 Å². The monoisotopic (exact) mass is 393 g/mol. The van der Waals surface area contributed by atoms with Gasteiger partial charge in [0.2, 0.25) is 5.75 Å². The summed E-state index contributed by atoms with van der Waals surface area (Å²) in [6.07, 6.45) is 0. The molecule has 0 fully saturated rings. The third-order valence-corrected chi connectivity index (χ3v) is 4.59. The van der Waals surface area contributed by atoms with Crippen molar-refractivity contribution in [3.8, 4) is 11.5 Å². The Morgan fingerprint density at radius 3 is 2.31 bits per heavy atom. The Bertz CT molecular complexity index is 1060. The Hall–Kier alpha value is -3.94. The van der Waals surface area contributed by atoms with Gasteiger partial charge in [-0.25, -0.2) is 0 Å². The number of nitrogens with zero attached hydrogens (tertiary/aromatic N) is 2. The predicted molar refractivity (Wildman–Crippen MR) is 110 cm³/mol. The molecule has 0 radical (unpaired) electrons. The average Bonchev–Trinajstić information content (AvgIpc) is 2.70. The molecule has 0 unspecified atom stereocenters. The van der Waals surface area contributed by atoms with Crippen molar-refractivity contribution in [2.45, 2.75) is 20.4 Å². The van der Waals surface area contributed by atoms with Crippen LogP contribution in [0.15, 0.2) is 60.7 Å². The van der Waals surface area contributed by atoms with E-state index in [-0.39, 0.29) is 11.4 Å². The molecule has 0 aliphatic carbocycles. The third kappa shape index (κ3) is 4.67. The number of benzene rings is 3. The van der Waals surface area contributed by atoms with Crippen molar-refractivity contribution in [3.05, 3.63) is 97.6 Å². The summed E-state index contributed by atoms with van der Waals surface area (Å²) in [6.45, 7) is 4.73. The summed E-state index contributed by atoms with van der Waals surface area (Å²) in [7, 11) is 0. The third-order valence-electron chi connectivity index (χ3n) is 4.59. The van der Waals surface area contributed by atoms with Crippen molar-refractivity contribution in [1.82, 2.24) is 0 Å². The summed E-state index contributed by atoms with van der Waals surface area (Å²) >= 11 is 0. The zero-order valence-electron chi connectivity index (χ0n) is 15.9. The number of nitro groups is 2. The van der Waals surface area contributed by atoms with Crippen LogP contribution in [0.1, 0.15) is 16.7 Å². The van der Waals surface area contributed by atoms with E-state index in [4.69, 9.17) is 4.74 Å². The number of hydrogen-bond acceptors (Lipinski definition) is 6. The van der Waals surface area contributed by atoms with Crippen LogP contribution < -0.4 is 10.1 Å². The van der Waals surface area contributed by atoms with Gasteiger partial charge in [-0.1, -0.05) is 24.3 Å². The first kappa shape index (κ1) is 19.8. The van der Waals surface area contributed by atoms with Gasteiger partial charge in [-0.15, -0.1) is 0 Å². The van der Waals surface area contributed by atoms with Crippen LogP contribution in [0.2, 0.25) is 0 Å². The zero-order chi connectivity index (χ0) is 21.0. The molecule has 8 heteroatoms. The van der Waals surface area contributed by atoms with Crippen molar-refractivity contribution in [2.75, 3.05) is 5.32 Å². The second kappa shape index (κ2) is 8.39. The Morgan fingerprint density at radius 2 is 1.66 bits per heavy atom. The van der Waals surface area contributed by atoms with Gasteiger partial charge in [0.25, 0.3) is 5.69 Å². The van der Waals surface area contributed by atoms with E-state index < -0.39 is 15.5 Å². The fourth-order valence-electron chi connectivity index (χ4n) is 2.79. The van der Waals surface area contributed by atoms with E-state index in [1.54, 1.807) is 12.1 Å². The van der Waals surface area contributed by atoms with Crippen molar-refractivity contribution < 1.29 is 14.6 Å². The topological polar surface area (TPSA) is 108 Å². The smallest absolute Gasteiger partial charge is 0.318 e. The largest absolute Gasteiger partial charge is 0.450 e. The van der Waals surface area contributed by atoms with Crippen molar-refractivity contribution in [2.24, 2.45) is 0 Å². The summed E-state index contributed by atoms with van der Waals surface area (Å²) < 4.78 is 5.57. The fraction of sp³-hybridized carbons (Fsp3) is 0.143. The molecule has 148 valence electrons. The lowest BCUT2D eigenvalue weighted by Crippen LogP contribution is -2.01. The SMILES string of the molecule is Cc1cccc(NCc2ccc(Oc3ccc([N+](=O)[O-])cc3[N+](=O)[O-])cc2)c1C. The summed E-state index contributed by atoms with van der Waals surface area (Å²) in [5, 5.41) is 25.4. The predicted octanol–water partition coefficient (Wildman–Crippen LogP) is 5.52. The number of non-ortho nitro benzene ring substituents is 1.